The Kier molecular flexibility index (Phi) is 4.24. The lowest BCUT2D eigenvalue weighted by molar-refractivity contribution is 0.102. The standard InChI is InChI=1S/C17H17N5O2/c1-3-14-20-15(22-21-14)11-5-7-12(8-6-11)16(23)19-13-9-4-10(2)18-17(13)24/h4-9H,3H2,1-2H3,(H,18,24)(H,19,23)(H,20,21,22). The molecular formula is C17H17N5O2. The highest BCUT2D eigenvalue weighted by atomic mass is 16.2. The molecule has 0 radical (unpaired) electrons. The number of nitrogens with zero attached hydrogens (tertiary/aromatic N) is 2. The van der Waals surface area contributed by atoms with Gasteiger partial charge in [-0.15, -0.1) is 0 Å². The maximum absolute atomic E-state index is 12.2. The monoisotopic (exact) mass is 323 g/mol. The minimum atomic E-state index is -0.347. The van der Waals surface area contributed by atoms with Gasteiger partial charge in [-0.2, -0.15) is 5.10 Å². The van der Waals surface area contributed by atoms with E-state index in [0.717, 1.165) is 23.5 Å². The topological polar surface area (TPSA) is 104 Å². The van der Waals surface area contributed by atoms with Crippen molar-refractivity contribution in [3.05, 3.63) is 63.8 Å². The highest BCUT2D eigenvalue weighted by Gasteiger charge is 2.10. The van der Waals surface area contributed by atoms with Crippen LogP contribution in [-0.4, -0.2) is 26.1 Å². The number of aromatic amines is 2. The smallest absolute Gasteiger partial charge is 0.271 e. The van der Waals surface area contributed by atoms with Crippen molar-refractivity contribution in [1.29, 1.82) is 0 Å². The number of H-pyrrole nitrogens is 2. The van der Waals surface area contributed by atoms with Gasteiger partial charge in [0.15, 0.2) is 5.82 Å². The lowest BCUT2D eigenvalue weighted by Crippen LogP contribution is -2.20. The van der Waals surface area contributed by atoms with Gasteiger partial charge in [0.1, 0.15) is 11.5 Å². The molecule has 3 aromatic rings. The first-order valence-corrected chi connectivity index (χ1v) is 7.60. The van der Waals surface area contributed by atoms with Crippen LogP contribution < -0.4 is 10.9 Å². The van der Waals surface area contributed by atoms with Gasteiger partial charge in [0, 0.05) is 23.2 Å². The molecule has 0 aliphatic rings. The highest BCUT2D eigenvalue weighted by Crippen LogP contribution is 2.16. The minimum Gasteiger partial charge on any atom is -0.325 e. The molecule has 7 heteroatoms. The molecule has 1 aromatic carbocycles. The molecule has 0 atom stereocenters. The first kappa shape index (κ1) is 15.7. The summed E-state index contributed by atoms with van der Waals surface area (Å²) in [5, 5.41) is 9.60. The van der Waals surface area contributed by atoms with Crippen LogP contribution in [0.2, 0.25) is 0 Å². The molecular weight excluding hydrogens is 306 g/mol. The Bertz CT molecular complexity index is 925. The van der Waals surface area contributed by atoms with Gasteiger partial charge >= 0.3 is 0 Å². The molecule has 0 aliphatic carbocycles. The van der Waals surface area contributed by atoms with Crippen molar-refractivity contribution in [2.45, 2.75) is 20.3 Å². The van der Waals surface area contributed by atoms with E-state index in [1.165, 1.54) is 0 Å². The van der Waals surface area contributed by atoms with Crippen LogP contribution in [0.4, 0.5) is 5.69 Å². The maximum atomic E-state index is 12.2. The number of amides is 1. The number of carbonyl (C=O) groups is 1. The van der Waals surface area contributed by atoms with E-state index in [1.54, 1.807) is 43.3 Å². The first-order chi connectivity index (χ1) is 11.6. The third kappa shape index (κ3) is 3.24. The summed E-state index contributed by atoms with van der Waals surface area (Å²) in [5.74, 6) is 1.05. The fourth-order valence-electron chi connectivity index (χ4n) is 2.22. The lowest BCUT2D eigenvalue weighted by Gasteiger charge is -2.05. The fraction of sp³-hybridized carbons (Fsp3) is 0.176. The zero-order valence-corrected chi connectivity index (χ0v) is 13.4. The Morgan fingerprint density at radius 3 is 2.54 bits per heavy atom. The van der Waals surface area contributed by atoms with E-state index in [9.17, 15) is 9.59 Å². The van der Waals surface area contributed by atoms with Crippen molar-refractivity contribution >= 4 is 11.6 Å². The molecule has 0 bridgehead atoms. The van der Waals surface area contributed by atoms with Crippen molar-refractivity contribution < 1.29 is 4.79 Å². The van der Waals surface area contributed by atoms with Crippen LogP contribution in [0.3, 0.4) is 0 Å². The van der Waals surface area contributed by atoms with E-state index >= 15 is 0 Å². The van der Waals surface area contributed by atoms with E-state index in [-0.39, 0.29) is 17.2 Å². The SMILES string of the molecule is CCc1nc(-c2ccc(C(=O)Nc3ccc(C)[nH]c3=O)cc2)n[nH]1. The van der Waals surface area contributed by atoms with Crippen molar-refractivity contribution in [2.24, 2.45) is 0 Å². The summed E-state index contributed by atoms with van der Waals surface area (Å²) in [7, 11) is 0. The van der Waals surface area contributed by atoms with Crippen LogP contribution in [0.15, 0.2) is 41.2 Å². The molecule has 3 rings (SSSR count). The third-order valence-electron chi connectivity index (χ3n) is 3.58. The highest BCUT2D eigenvalue weighted by molar-refractivity contribution is 6.04. The predicted molar refractivity (Wildman–Crippen MR) is 90.9 cm³/mol. The number of anilines is 1. The summed E-state index contributed by atoms with van der Waals surface area (Å²) in [5.41, 5.74) is 1.89. The summed E-state index contributed by atoms with van der Waals surface area (Å²) in [6.07, 6.45) is 0.776. The third-order valence-corrected chi connectivity index (χ3v) is 3.58. The van der Waals surface area contributed by atoms with E-state index in [0.29, 0.717) is 11.4 Å². The van der Waals surface area contributed by atoms with Gasteiger partial charge in [0.05, 0.1) is 0 Å². The number of rotatable bonds is 4. The van der Waals surface area contributed by atoms with E-state index in [1.807, 2.05) is 6.92 Å². The quantitative estimate of drug-likeness (QED) is 0.685. The molecule has 0 saturated carbocycles. The van der Waals surface area contributed by atoms with Crippen LogP contribution in [-0.2, 0) is 6.42 Å². The molecule has 7 nitrogen and oxygen atoms in total. The molecule has 0 saturated heterocycles. The average molecular weight is 323 g/mol. The van der Waals surface area contributed by atoms with Crippen molar-refractivity contribution in [3.63, 3.8) is 0 Å². The number of aromatic nitrogens is 4. The van der Waals surface area contributed by atoms with Gasteiger partial charge in [-0.3, -0.25) is 14.7 Å². The Morgan fingerprint density at radius 2 is 1.92 bits per heavy atom. The molecule has 2 heterocycles. The number of aryl methyl sites for hydroxylation is 2. The van der Waals surface area contributed by atoms with Gasteiger partial charge in [-0.05, 0) is 31.2 Å². The Morgan fingerprint density at radius 1 is 1.17 bits per heavy atom. The number of benzene rings is 1. The zero-order valence-electron chi connectivity index (χ0n) is 13.4. The Balaban J connectivity index is 1.77. The second-order valence-corrected chi connectivity index (χ2v) is 5.37. The van der Waals surface area contributed by atoms with Gasteiger partial charge in [-0.25, -0.2) is 4.98 Å². The van der Waals surface area contributed by atoms with E-state index < -0.39 is 0 Å². The largest absolute Gasteiger partial charge is 0.325 e. The van der Waals surface area contributed by atoms with E-state index in [4.69, 9.17) is 0 Å². The van der Waals surface area contributed by atoms with Crippen molar-refractivity contribution in [1.82, 2.24) is 20.2 Å². The predicted octanol–water partition coefficient (Wildman–Crippen LogP) is 2.28. The Hall–Kier alpha value is -3.22. The van der Waals surface area contributed by atoms with Gasteiger partial charge in [-0.1, -0.05) is 19.1 Å². The number of hydrogen-bond donors (Lipinski definition) is 3. The molecule has 0 spiro atoms. The number of hydrogen-bond acceptors (Lipinski definition) is 4. The molecule has 24 heavy (non-hydrogen) atoms. The minimum absolute atomic E-state index is 0.219. The molecule has 1 amide bonds. The summed E-state index contributed by atoms with van der Waals surface area (Å²) in [6.45, 7) is 3.77. The van der Waals surface area contributed by atoms with Gasteiger partial charge in [0.2, 0.25) is 0 Å². The summed E-state index contributed by atoms with van der Waals surface area (Å²) in [6, 6.07) is 10.2. The molecule has 0 aliphatic heterocycles. The molecule has 0 fully saturated rings. The van der Waals surface area contributed by atoms with Gasteiger partial charge < -0.3 is 10.3 Å². The molecule has 3 N–H and O–H groups in total. The normalized spacial score (nSPS) is 10.6. The summed E-state index contributed by atoms with van der Waals surface area (Å²) in [4.78, 5) is 31.0. The van der Waals surface area contributed by atoms with Crippen LogP contribution in [0.25, 0.3) is 11.4 Å². The van der Waals surface area contributed by atoms with Crippen LogP contribution >= 0.6 is 0 Å². The van der Waals surface area contributed by atoms with E-state index in [2.05, 4.69) is 25.5 Å². The van der Waals surface area contributed by atoms with Crippen LogP contribution in [0, 0.1) is 6.92 Å². The first-order valence-electron chi connectivity index (χ1n) is 7.60. The molecule has 2 aromatic heterocycles. The maximum Gasteiger partial charge on any atom is 0.271 e. The number of nitrogens with one attached hydrogen (secondary N) is 3. The fourth-order valence-corrected chi connectivity index (χ4v) is 2.22. The number of pyridine rings is 1. The zero-order chi connectivity index (χ0) is 17.1. The summed E-state index contributed by atoms with van der Waals surface area (Å²) >= 11 is 0. The molecule has 0 unspecified atom stereocenters. The lowest BCUT2D eigenvalue weighted by atomic mass is 10.1. The van der Waals surface area contributed by atoms with Crippen molar-refractivity contribution in [3.8, 4) is 11.4 Å². The average Bonchev–Trinajstić information content (AvgIpc) is 3.06. The van der Waals surface area contributed by atoms with Crippen molar-refractivity contribution in [2.75, 3.05) is 5.32 Å². The Labute approximate surface area is 138 Å². The second-order valence-electron chi connectivity index (χ2n) is 5.37. The number of carbonyl (C=O) groups excluding carboxylic acids is 1. The second kappa shape index (κ2) is 6.49. The summed E-state index contributed by atoms with van der Waals surface area (Å²) < 4.78 is 0. The van der Waals surface area contributed by atoms with Crippen LogP contribution in [0.5, 0.6) is 0 Å². The van der Waals surface area contributed by atoms with Gasteiger partial charge in [0.25, 0.3) is 11.5 Å². The molecule has 122 valence electrons. The van der Waals surface area contributed by atoms with Crippen LogP contribution in [0.1, 0.15) is 28.8 Å².